The number of carbonyl (C=O) groups is 1. The summed E-state index contributed by atoms with van der Waals surface area (Å²) in [5, 5.41) is 10.5. The minimum atomic E-state index is -0.321. The fourth-order valence-electron chi connectivity index (χ4n) is 1.49. The fourth-order valence-corrected chi connectivity index (χ4v) is 1.49. The molecule has 0 spiro atoms. The van der Waals surface area contributed by atoms with Crippen molar-refractivity contribution in [1.29, 1.82) is 0 Å². The molecule has 0 aliphatic rings. The van der Waals surface area contributed by atoms with E-state index in [0.29, 0.717) is 5.69 Å². The first-order valence-electron chi connectivity index (χ1n) is 6.09. The SMILES string of the molecule is CC[C@@H](C)NC(=O)c1cn(-c2ccc(F)cc2)nn1. The first-order valence-corrected chi connectivity index (χ1v) is 6.09. The molecule has 0 bridgehead atoms. The van der Waals surface area contributed by atoms with Crippen LogP contribution in [0.4, 0.5) is 4.39 Å². The first kappa shape index (κ1) is 13.2. The van der Waals surface area contributed by atoms with Crippen molar-refractivity contribution in [1.82, 2.24) is 20.3 Å². The molecule has 0 saturated heterocycles. The molecule has 1 N–H and O–H groups in total. The lowest BCUT2D eigenvalue weighted by Gasteiger charge is -2.08. The van der Waals surface area contributed by atoms with Crippen LogP contribution in [-0.2, 0) is 0 Å². The van der Waals surface area contributed by atoms with Crippen LogP contribution in [-0.4, -0.2) is 26.9 Å². The molecule has 1 aromatic heterocycles. The second-order valence-electron chi connectivity index (χ2n) is 4.31. The Kier molecular flexibility index (Phi) is 3.89. The smallest absolute Gasteiger partial charge is 0.273 e. The van der Waals surface area contributed by atoms with Crippen LogP contribution in [0, 0.1) is 5.82 Å². The number of hydrogen-bond acceptors (Lipinski definition) is 3. The summed E-state index contributed by atoms with van der Waals surface area (Å²) in [6, 6.07) is 5.88. The molecule has 100 valence electrons. The van der Waals surface area contributed by atoms with E-state index < -0.39 is 0 Å². The summed E-state index contributed by atoms with van der Waals surface area (Å²) < 4.78 is 14.2. The van der Waals surface area contributed by atoms with Gasteiger partial charge in [-0.3, -0.25) is 4.79 Å². The number of carbonyl (C=O) groups excluding carboxylic acids is 1. The van der Waals surface area contributed by atoms with E-state index in [1.165, 1.54) is 23.0 Å². The Morgan fingerprint density at radius 3 is 2.74 bits per heavy atom. The number of aromatic nitrogens is 3. The maximum Gasteiger partial charge on any atom is 0.273 e. The van der Waals surface area contributed by atoms with Gasteiger partial charge in [0.2, 0.25) is 0 Å². The zero-order chi connectivity index (χ0) is 13.8. The zero-order valence-corrected chi connectivity index (χ0v) is 10.8. The van der Waals surface area contributed by atoms with Crippen molar-refractivity contribution in [3.63, 3.8) is 0 Å². The third kappa shape index (κ3) is 3.15. The van der Waals surface area contributed by atoms with Crippen molar-refractivity contribution in [3.8, 4) is 5.69 Å². The van der Waals surface area contributed by atoms with E-state index in [4.69, 9.17) is 0 Å². The molecule has 19 heavy (non-hydrogen) atoms. The maximum atomic E-state index is 12.8. The van der Waals surface area contributed by atoms with E-state index in [1.54, 1.807) is 12.1 Å². The highest BCUT2D eigenvalue weighted by Crippen LogP contribution is 2.08. The minimum absolute atomic E-state index is 0.0865. The van der Waals surface area contributed by atoms with Crippen LogP contribution < -0.4 is 5.32 Å². The quantitative estimate of drug-likeness (QED) is 0.916. The van der Waals surface area contributed by atoms with Gasteiger partial charge in [0.05, 0.1) is 11.9 Å². The highest BCUT2D eigenvalue weighted by atomic mass is 19.1. The number of benzene rings is 1. The normalized spacial score (nSPS) is 12.2. The highest BCUT2D eigenvalue weighted by Gasteiger charge is 2.13. The van der Waals surface area contributed by atoms with Crippen LogP contribution >= 0.6 is 0 Å². The molecule has 2 aromatic rings. The van der Waals surface area contributed by atoms with Gasteiger partial charge in [0.1, 0.15) is 5.82 Å². The molecule has 1 atom stereocenters. The molecular weight excluding hydrogens is 247 g/mol. The molecule has 1 heterocycles. The zero-order valence-electron chi connectivity index (χ0n) is 10.8. The number of amides is 1. The lowest BCUT2D eigenvalue weighted by molar-refractivity contribution is 0.0934. The third-order valence-corrected chi connectivity index (χ3v) is 2.81. The van der Waals surface area contributed by atoms with Gasteiger partial charge in [0.25, 0.3) is 5.91 Å². The van der Waals surface area contributed by atoms with Gasteiger partial charge in [0.15, 0.2) is 5.69 Å². The van der Waals surface area contributed by atoms with E-state index in [9.17, 15) is 9.18 Å². The predicted octanol–water partition coefficient (Wildman–Crippen LogP) is 1.93. The number of halogens is 1. The van der Waals surface area contributed by atoms with Gasteiger partial charge < -0.3 is 5.32 Å². The summed E-state index contributed by atoms with van der Waals surface area (Å²) in [6.07, 6.45) is 2.36. The predicted molar refractivity (Wildman–Crippen MR) is 68.5 cm³/mol. The Balaban J connectivity index is 2.15. The second-order valence-corrected chi connectivity index (χ2v) is 4.31. The van der Waals surface area contributed by atoms with Crippen LogP contribution in [0.2, 0.25) is 0 Å². The molecule has 0 fully saturated rings. The van der Waals surface area contributed by atoms with Gasteiger partial charge in [-0.15, -0.1) is 5.10 Å². The van der Waals surface area contributed by atoms with E-state index in [1.807, 2.05) is 13.8 Å². The summed E-state index contributed by atoms with van der Waals surface area (Å²) in [7, 11) is 0. The molecule has 5 nitrogen and oxygen atoms in total. The molecule has 0 unspecified atom stereocenters. The van der Waals surface area contributed by atoms with Gasteiger partial charge >= 0.3 is 0 Å². The molecule has 0 radical (unpaired) electrons. The first-order chi connectivity index (χ1) is 9.10. The number of nitrogens with one attached hydrogen (secondary N) is 1. The molecule has 2 rings (SSSR count). The highest BCUT2D eigenvalue weighted by molar-refractivity contribution is 5.92. The fraction of sp³-hybridized carbons (Fsp3) is 0.308. The van der Waals surface area contributed by atoms with Gasteiger partial charge in [-0.05, 0) is 37.6 Å². The Morgan fingerprint density at radius 1 is 1.42 bits per heavy atom. The summed E-state index contributed by atoms with van der Waals surface area (Å²) in [5.74, 6) is -0.582. The van der Waals surface area contributed by atoms with Crippen LogP contribution in [0.3, 0.4) is 0 Å². The van der Waals surface area contributed by atoms with E-state index in [-0.39, 0.29) is 23.5 Å². The summed E-state index contributed by atoms with van der Waals surface area (Å²) in [4.78, 5) is 11.8. The Bertz CT molecular complexity index is 564. The third-order valence-electron chi connectivity index (χ3n) is 2.81. The standard InChI is InChI=1S/C13H15FN4O/c1-3-9(2)15-13(19)12-8-18(17-16-12)11-6-4-10(14)5-7-11/h4-9H,3H2,1-2H3,(H,15,19)/t9-/m1/s1. The maximum absolute atomic E-state index is 12.8. The summed E-state index contributed by atoms with van der Waals surface area (Å²) in [5.41, 5.74) is 0.890. The monoisotopic (exact) mass is 262 g/mol. The van der Waals surface area contributed by atoms with E-state index >= 15 is 0 Å². The minimum Gasteiger partial charge on any atom is -0.348 e. The van der Waals surface area contributed by atoms with Crippen LogP contribution in [0.1, 0.15) is 30.8 Å². The van der Waals surface area contributed by atoms with Crippen LogP contribution in [0.5, 0.6) is 0 Å². The lowest BCUT2D eigenvalue weighted by Crippen LogP contribution is -2.32. The molecule has 1 amide bonds. The number of rotatable bonds is 4. The molecule has 0 aliphatic heterocycles. The Hall–Kier alpha value is -2.24. The molecule has 1 aromatic carbocycles. The van der Waals surface area contributed by atoms with Gasteiger partial charge in [0, 0.05) is 6.04 Å². The van der Waals surface area contributed by atoms with Crippen molar-refractivity contribution in [2.75, 3.05) is 0 Å². The van der Waals surface area contributed by atoms with Crippen molar-refractivity contribution in [2.24, 2.45) is 0 Å². The van der Waals surface area contributed by atoms with Crippen LogP contribution in [0.15, 0.2) is 30.5 Å². The largest absolute Gasteiger partial charge is 0.348 e. The molecule has 6 heteroatoms. The van der Waals surface area contributed by atoms with Crippen molar-refractivity contribution < 1.29 is 9.18 Å². The summed E-state index contributed by atoms with van der Waals surface area (Å²) in [6.45, 7) is 3.91. The van der Waals surface area contributed by atoms with E-state index in [2.05, 4.69) is 15.6 Å². The van der Waals surface area contributed by atoms with Gasteiger partial charge in [-0.1, -0.05) is 12.1 Å². The van der Waals surface area contributed by atoms with Crippen molar-refractivity contribution >= 4 is 5.91 Å². The topological polar surface area (TPSA) is 59.8 Å². The number of hydrogen-bond donors (Lipinski definition) is 1. The average Bonchev–Trinajstić information content (AvgIpc) is 2.89. The van der Waals surface area contributed by atoms with Gasteiger partial charge in [-0.25, -0.2) is 9.07 Å². The Morgan fingerprint density at radius 2 is 2.11 bits per heavy atom. The van der Waals surface area contributed by atoms with Crippen LogP contribution in [0.25, 0.3) is 5.69 Å². The van der Waals surface area contributed by atoms with E-state index in [0.717, 1.165) is 6.42 Å². The molecular formula is C13H15FN4O. The van der Waals surface area contributed by atoms with Crippen molar-refractivity contribution in [2.45, 2.75) is 26.3 Å². The molecule has 0 aliphatic carbocycles. The number of nitrogens with zero attached hydrogens (tertiary/aromatic N) is 3. The molecule has 0 saturated carbocycles. The van der Waals surface area contributed by atoms with Crippen molar-refractivity contribution in [3.05, 3.63) is 42.0 Å². The van der Waals surface area contributed by atoms with Gasteiger partial charge in [-0.2, -0.15) is 0 Å². The second kappa shape index (κ2) is 5.60. The average molecular weight is 262 g/mol. The summed E-state index contributed by atoms with van der Waals surface area (Å²) >= 11 is 0. The Labute approximate surface area is 110 Å². The lowest BCUT2D eigenvalue weighted by atomic mass is 10.2.